The van der Waals surface area contributed by atoms with Gasteiger partial charge in [0.1, 0.15) is 0 Å². The summed E-state index contributed by atoms with van der Waals surface area (Å²) in [4.78, 5) is 0. The fraction of sp³-hybridized carbons (Fsp3) is 1.00. The van der Waals surface area contributed by atoms with E-state index in [0.717, 1.165) is 13.0 Å². The molecule has 70 valence electrons. The van der Waals surface area contributed by atoms with Crippen LogP contribution in [0.3, 0.4) is 0 Å². The van der Waals surface area contributed by atoms with Crippen molar-refractivity contribution in [3.05, 3.63) is 0 Å². The monoisotopic (exact) mass is 170 g/mol. The fourth-order valence-electron chi connectivity index (χ4n) is 2.33. The highest BCUT2D eigenvalue weighted by atomic mass is 16.5. The third kappa shape index (κ3) is 1.38. The van der Waals surface area contributed by atoms with Crippen LogP contribution >= 0.6 is 0 Å². The first-order valence-electron chi connectivity index (χ1n) is 5.08. The van der Waals surface area contributed by atoms with Gasteiger partial charge < -0.3 is 9.84 Å². The maximum absolute atomic E-state index is 9.96. The van der Waals surface area contributed by atoms with Crippen molar-refractivity contribution in [2.45, 2.75) is 44.8 Å². The molecular formula is C10H18O2. The summed E-state index contributed by atoms with van der Waals surface area (Å²) in [7, 11) is 0. The molecule has 2 rings (SSSR count). The lowest BCUT2D eigenvalue weighted by Gasteiger charge is -2.34. The second-order valence-corrected chi connectivity index (χ2v) is 4.21. The van der Waals surface area contributed by atoms with Crippen LogP contribution in [-0.4, -0.2) is 23.9 Å². The first-order chi connectivity index (χ1) is 5.79. The van der Waals surface area contributed by atoms with Crippen molar-refractivity contribution in [3.63, 3.8) is 0 Å². The topological polar surface area (TPSA) is 29.5 Å². The maximum atomic E-state index is 9.96. The Labute approximate surface area is 73.9 Å². The van der Waals surface area contributed by atoms with Crippen LogP contribution in [-0.2, 0) is 4.74 Å². The van der Waals surface area contributed by atoms with E-state index >= 15 is 0 Å². The van der Waals surface area contributed by atoms with Gasteiger partial charge in [-0.3, -0.25) is 0 Å². The van der Waals surface area contributed by atoms with Crippen molar-refractivity contribution in [3.8, 4) is 0 Å². The highest BCUT2D eigenvalue weighted by Gasteiger charge is 2.37. The highest BCUT2D eigenvalue weighted by Crippen LogP contribution is 2.37. The minimum absolute atomic E-state index is 0.0868. The Balaban J connectivity index is 1.89. The zero-order chi connectivity index (χ0) is 8.55. The fourth-order valence-corrected chi connectivity index (χ4v) is 2.33. The predicted molar refractivity (Wildman–Crippen MR) is 46.9 cm³/mol. The third-order valence-electron chi connectivity index (χ3n) is 3.51. The van der Waals surface area contributed by atoms with Crippen molar-refractivity contribution < 1.29 is 9.84 Å². The SMILES string of the molecule is CC1OCCC1C(O)C1CCC1. The molecule has 12 heavy (non-hydrogen) atoms. The zero-order valence-electron chi connectivity index (χ0n) is 7.70. The average Bonchev–Trinajstić information content (AvgIpc) is 2.31. The Kier molecular flexibility index (Phi) is 2.37. The lowest BCUT2D eigenvalue weighted by Crippen LogP contribution is -2.36. The molecule has 0 aromatic carbocycles. The Bertz CT molecular complexity index is 154. The van der Waals surface area contributed by atoms with Crippen LogP contribution in [0.15, 0.2) is 0 Å². The van der Waals surface area contributed by atoms with Gasteiger partial charge in [-0.05, 0) is 32.1 Å². The van der Waals surface area contributed by atoms with Gasteiger partial charge in [0.05, 0.1) is 12.2 Å². The molecule has 0 bridgehead atoms. The highest BCUT2D eigenvalue weighted by molar-refractivity contribution is 4.87. The van der Waals surface area contributed by atoms with E-state index in [0.29, 0.717) is 11.8 Å². The van der Waals surface area contributed by atoms with Crippen LogP contribution in [0.5, 0.6) is 0 Å². The van der Waals surface area contributed by atoms with Gasteiger partial charge in [0.15, 0.2) is 0 Å². The van der Waals surface area contributed by atoms with Crippen LogP contribution in [0.4, 0.5) is 0 Å². The van der Waals surface area contributed by atoms with Crippen LogP contribution in [0.2, 0.25) is 0 Å². The van der Waals surface area contributed by atoms with Gasteiger partial charge in [-0.15, -0.1) is 0 Å². The van der Waals surface area contributed by atoms with Crippen LogP contribution in [0.1, 0.15) is 32.6 Å². The molecule has 1 heterocycles. The summed E-state index contributed by atoms with van der Waals surface area (Å²) < 4.78 is 5.45. The summed E-state index contributed by atoms with van der Waals surface area (Å²) >= 11 is 0. The summed E-state index contributed by atoms with van der Waals surface area (Å²) in [5, 5.41) is 9.96. The molecule has 2 fully saturated rings. The van der Waals surface area contributed by atoms with Crippen molar-refractivity contribution in [2.24, 2.45) is 11.8 Å². The molecule has 1 N–H and O–H groups in total. The van der Waals surface area contributed by atoms with Crippen molar-refractivity contribution in [2.75, 3.05) is 6.61 Å². The lowest BCUT2D eigenvalue weighted by molar-refractivity contribution is -0.0129. The molecule has 0 radical (unpaired) electrons. The molecule has 1 aliphatic carbocycles. The van der Waals surface area contributed by atoms with E-state index < -0.39 is 0 Å². The molecule has 3 unspecified atom stereocenters. The Hall–Kier alpha value is -0.0800. The quantitative estimate of drug-likeness (QED) is 0.681. The van der Waals surface area contributed by atoms with E-state index in [1.807, 2.05) is 0 Å². The van der Waals surface area contributed by atoms with E-state index in [1.165, 1.54) is 19.3 Å². The average molecular weight is 170 g/mol. The minimum atomic E-state index is -0.0868. The maximum Gasteiger partial charge on any atom is 0.0622 e. The summed E-state index contributed by atoms with van der Waals surface area (Å²) in [5.41, 5.74) is 0. The minimum Gasteiger partial charge on any atom is -0.392 e. The van der Waals surface area contributed by atoms with Gasteiger partial charge in [-0.1, -0.05) is 6.42 Å². The number of aliphatic hydroxyl groups is 1. The van der Waals surface area contributed by atoms with Gasteiger partial charge in [-0.25, -0.2) is 0 Å². The molecule has 1 aliphatic heterocycles. The Morgan fingerprint density at radius 2 is 2.08 bits per heavy atom. The molecule has 2 aliphatic rings. The van der Waals surface area contributed by atoms with E-state index in [2.05, 4.69) is 6.92 Å². The van der Waals surface area contributed by atoms with E-state index in [-0.39, 0.29) is 12.2 Å². The second kappa shape index (κ2) is 3.35. The molecule has 0 aromatic rings. The normalized spacial score (nSPS) is 39.5. The van der Waals surface area contributed by atoms with Gasteiger partial charge in [-0.2, -0.15) is 0 Å². The molecule has 3 atom stereocenters. The molecule has 1 saturated heterocycles. The van der Waals surface area contributed by atoms with Crippen LogP contribution < -0.4 is 0 Å². The van der Waals surface area contributed by atoms with Crippen LogP contribution in [0, 0.1) is 11.8 Å². The van der Waals surface area contributed by atoms with Crippen molar-refractivity contribution >= 4 is 0 Å². The zero-order valence-corrected chi connectivity index (χ0v) is 7.70. The number of ether oxygens (including phenoxy) is 1. The number of aliphatic hydroxyl groups excluding tert-OH is 1. The molecule has 1 saturated carbocycles. The Morgan fingerprint density at radius 3 is 2.50 bits per heavy atom. The van der Waals surface area contributed by atoms with E-state index in [1.54, 1.807) is 0 Å². The van der Waals surface area contributed by atoms with Crippen LogP contribution in [0.25, 0.3) is 0 Å². The van der Waals surface area contributed by atoms with Crippen molar-refractivity contribution in [1.29, 1.82) is 0 Å². The molecular weight excluding hydrogens is 152 g/mol. The number of hydrogen-bond donors (Lipinski definition) is 1. The van der Waals surface area contributed by atoms with Gasteiger partial charge >= 0.3 is 0 Å². The molecule has 0 amide bonds. The molecule has 2 nitrogen and oxygen atoms in total. The standard InChI is InChI=1S/C10H18O2/c1-7-9(5-6-12-7)10(11)8-3-2-4-8/h7-11H,2-6H2,1H3. The first kappa shape index (κ1) is 8.52. The van der Waals surface area contributed by atoms with Gasteiger partial charge in [0.2, 0.25) is 0 Å². The number of hydrogen-bond acceptors (Lipinski definition) is 2. The summed E-state index contributed by atoms with van der Waals surface area (Å²) in [6.45, 7) is 2.93. The lowest BCUT2D eigenvalue weighted by atomic mass is 9.75. The molecule has 0 spiro atoms. The largest absolute Gasteiger partial charge is 0.392 e. The third-order valence-corrected chi connectivity index (χ3v) is 3.51. The van der Waals surface area contributed by atoms with Gasteiger partial charge in [0, 0.05) is 12.5 Å². The second-order valence-electron chi connectivity index (χ2n) is 4.21. The smallest absolute Gasteiger partial charge is 0.0622 e. The van der Waals surface area contributed by atoms with E-state index in [9.17, 15) is 5.11 Å². The predicted octanol–water partition coefficient (Wildman–Crippen LogP) is 1.57. The van der Waals surface area contributed by atoms with E-state index in [4.69, 9.17) is 4.74 Å². The summed E-state index contributed by atoms with van der Waals surface area (Å²) in [6.07, 6.45) is 5.01. The number of rotatable bonds is 2. The molecule has 0 aromatic heterocycles. The first-order valence-corrected chi connectivity index (χ1v) is 5.08. The van der Waals surface area contributed by atoms with Crippen molar-refractivity contribution in [1.82, 2.24) is 0 Å². The Morgan fingerprint density at radius 1 is 1.33 bits per heavy atom. The summed E-state index contributed by atoms with van der Waals surface area (Å²) in [6, 6.07) is 0. The molecule has 2 heteroatoms. The summed E-state index contributed by atoms with van der Waals surface area (Å²) in [5.74, 6) is 0.995. The van der Waals surface area contributed by atoms with Gasteiger partial charge in [0.25, 0.3) is 0 Å².